The molecule has 19 heavy (non-hydrogen) atoms. The number of aromatic nitrogens is 2. The van der Waals surface area contributed by atoms with E-state index in [0.717, 1.165) is 11.0 Å². The highest BCUT2D eigenvalue weighted by Crippen LogP contribution is 2.17. The van der Waals surface area contributed by atoms with E-state index in [9.17, 15) is 13.2 Å². The van der Waals surface area contributed by atoms with Crippen molar-refractivity contribution < 1.29 is 13.2 Å². The van der Waals surface area contributed by atoms with Crippen molar-refractivity contribution in [1.82, 2.24) is 14.9 Å². The number of benzene rings is 1. The van der Waals surface area contributed by atoms with Crippen molar-refractivity contribution in [2.45, 2.75) is 12.6 Å². The summed E-state index contributed by atoms with van der Waals surface area (Å²) in [6.07, 6.45) is -3.74. The summed E-state index contributed by atoms with van der Waals surface area (Å²) in [5, 5.41) is 0. The molecule has 104 valence electrons. The molecule has 0 aliphatic heterocycles. The minimum atomic E-state index is -4.17. The largest absolute Gasteiger partial charge is 0.401 e. The van der Waals surface area contributed by atoms with Gasteiger partial charge in [0.15, 0.2) is 0 Å². The van der Waals surface area contributed by atoms with Crippen LogP contribution in [0.2, 0.25) is 0 Å². The van der Waals surface area contributed by atoms with Gasteiger partial charge in [-0.05, 0) is 25.2 Å². The summed E-state index contributed by atoms with van der Waals surface area (Å²) >= 11 is 0. The lowest BCUT2D eigenvalue weighted by atomic mass is 10.3. The van der Waals surface area contributed by atoms with Gasteiger partial charge in [0.1, 0.15) is 5.82 Å². The molecule has 0 spiro atoms. The number of hydrogen-bond donors (Lipinski definition) is 2. The molecule has 2 aromatic rings. The fraction of sp³-hybridized carbons (Fsp3) is 0.417. The number of imidazole rings is 1. The Hall–Kier alpha value is -1.76. The molecule has 0 bridgehead atoms. The van der Waals surface area contributed by atoms with Crippen molar-refractivity contribution in [1.29, 1.82) is 0 Å². The van der Waals surface area contributed by atoms with Crippen molar-refractivity contribution in [3.8, 4) is 0 Å². The quantitative estimate of drug-likeness (QED) is 0.839. The van der Waals surface area contributed by atoms with Gasteiger partial charge in [-0.15, -0.1) is 0 Å². The first kappa shape index (κ1) is 13.7. The van der Waals surface area contributed by atoms with Gasteiger partial charge in [0, 0.05) is 18.7 Å². The van der Waals surface area contributed by atoms with E-state index >= 15 is 0 Å². The first-order chi connectivity index (χ1) is 8.83. The van der Waals surface area contributed by atoms with Gasteiger partial charge in [0.05, 0.1) is 17.6 Å². The van der Waals surface area contributed by atoms with Crippen molar-refractivity contribution >= 4 is 16.7 Å². The summed E-state index contributed by atoms with van der Waals surface area (Å²) in [5.41, 5.74) is 7.83. The lowest BCUT2D eigenvalue weighted by molar-refractivity contribution is -0.142. The highest BCUT2D eigenvalue weighted by Gasteiger charge is 2.28. The van der Waals surface area contributed by atoms with E-state index < -0.39 is 12.7 Å². The molecule has 0 aliphatic rings. The molecule has 3 N–H and O–H groups in total. The van der Waals surface area contributed by atoms with E-state index in [1.54, 1.807) is 18.2 Å². The number of rotatable bonds is 4. The van der Waals surface area contributed by atoms with Crippen LogP contribution in [0, 0.1) is 0 Å². The zero-order valence-electron chi connectivity index (χ0n) is 10.5. The maximum Gasteiger partial charge on any atom is 0.401 e. The number of fused-ring (bicyclic) bond motifs is 1. The van der Waals surface area contributed by atoms with E-state index in [1.165, 1.54) is 11.9 Å². The molecular weight excluding hydrogens is 257 g/mol. The highest BCUT2D eigenvalue weighted by molar-refractivity contribution is 5.78. The third kappa shape index (κ3) is 3.85. The average Bonchev–Trinajstić information content (AvgIpc) is 2.66. The Kier molecular flexibility index (Phi) is 3.66. The van der Waals surface area contributed by atoms with Crippen molar-refractivity contribution in [3.63, 3.8) is 0 Å². The molecule has 4 nitrogen and oxygen atoms in total. The van der Waals surface area contributed by atoms with Gasteiger partial charge >= 0.3 is 6.18 Å². The summed E-state index contributed by atoms with van der Waals surface area (Å²) in [5.74, 6) is 0.662. The zero-order chi connectivity index (χ0) is 14.0. The lowest BCUT2D eigenvalue weighted by Crippen LogP contribution is -2.32. The first-order valence-corrected chi connectivity index (χ1v) is 5.83. The van der Waals surface area contributed by atoms with Gasteiger partial charge in [0.2, 0.25) is 0 Å². The second kappa shape index (κ2) is 5.08. The third-order valence-electron chi connectivity index (χ3n) is 2.73. The Morgan fingerprint density at radius 2 is 2.11 bits per heavy atom. The van der Waals surface area contributed by atoms with Crippen LogP contribution in [0.25, 0.3) is 11.0 Å². The molecule has 0 saturated carbocycles. The number of nitrogen functional groups attached to an aromatic ring is 1. The van der Waals surface area contributed by atoms with Crippen LogP contribution < -0.4 is 5.73 Å². The number of nitrogens with two attached hydrogens (primary N) is 1. The third-order valence-corrected chi connectivity index (χ3v) is 2.73. The van der Waals surface area contributed by atoms with Crippen LogP contribution in [0.3, 0.4) is 0 Å². The zero-order valence-corrected chi connectivity index (χ0v) is 10.5. The normalized spacial score (nSPS) is 12.5. The van der Waals surface area contributed by atoms with Gasteiger partial charge in [0.25, 0.3) is 0 Å². The molecule has 0 amide bonds. The fourth-order valence-corrected chi connectivity index (χ4v) is 1.88. The molecule has 0 radical (unpaired) electrons. The molecule has 0 saturated heterocycles. The van der Waals surface area contributed by atoms with Crippen LogP contribution >= 0.6 is 0 Å². The second-order valence-corrected chi connectivity index (χ2v) is 4.56. The maximum atomic E-state index is 12.2. The molecule has 1 aromatic heterocycles. The first-order valence-electron chi connectivity index (χ1n) is 5.83. The van der Waals surface area contributed by atoms with Crippen LogP contribution in [-0.2, 0) is 6.42 Å². The van der Waals surface area contributed by atoms with Crippen molar-refractivity contribution in [2.75, 3.05) is 25.9 Å². The van der Waals surface area contributed by atoms with E-state index in [2.05, 4.69) is 9.97 Å². The van der Waals surface area contributed by atoms with Crippen molar-refractivity contribution in [3.05, 3.63) is 24.0 Å². The minimum Gasteiger partial charge on any atom is -0.399 e. The Morgan fingerprint density at radius 3 is 2.79 bits per heavy atom. The van der Waals surface area contributed by atoms with E-state index in [0.29, 0.717) is 17.9 Å². The van der Waals surface area contributed by atoms with Crippen molar-refractivity contribution in [2.24, 2.45) is 0 Å². The summed E-state index contributed by atoms with van der Waals surface area (Å²) < 4.78 is 36.5. The number of aromatic amines is 1. The Labute approximate surface area is 108 Å². The number of nitrogens with one attached hydrogen (secondary N) is 1. The molecule has 2 rings (SSSR count). The molecule has 0 unspecified atom stereocenters. The molecule has 1 aromatic carbocycles. The molecule has 0 aliphatic carbocycles. The Balaban J connectivity index is 1.98. The molecule has 7 heteroatoms. The highest BCUT2D eigenvalue weighted by atomic mass is 19.4. The number of alkyl halides is 3. The smallest absolute Gasteiger partial charge is 0.399 e. The summed E-state index contributed by atoms with van der Waals surface area (Å²) in [7, 11) is 1.44. The van der Waals surface area contributed by atoms with E-state index in [4.69, 9.17) is 5.73 Å². The number of halogens is 3. The monoisotopic (exact) mass is 272 g/mol. The van der Waals surface area contributed by atoms with Crippen LogP contribution in [0.15, 0.2) is 18.2 Å². The van der Waals surface area contributed by atoms with E-state index in [1.807, 2.05) is 0 Å². The number of likely N-dealkylation sites (N-methyl/N-ethyl adjacent to an activating group) is 1. The molecule has 0 fully saturated rings. The summed E-state index contributed by atoms with van der Waals surface area (Å²) in [4.78, 5) is 8.58. The standard InChI is InChI=1S/C12H15F3N4/c1-19(7-12(13,14)15)5-4-11-17-9-3-2-8(16)6-10(9)18-11/h2-3,6H,4-5,7,16H2,1H3,(H,17,18). The van der Waals surface area contributed by atoms with Crippen LogP contribution in [0.5, 0.6) is 0 Å². The number of nitrogens with zero attached hydrogens (tertiary/aromatic N) is 2. The van der Waals surface area contributed by atoms with Crippen LogP contribution in [0.1, 0.15) is 5.82 Å². The van der Waals surface area contributed by atoms with Gasteiger partial charge < -0.3 is 10.7 Å². The summed E-state index contributed by atoms with van der Waals surface area (Å²) in [6.45, 7) is -0.630. The van der Waals surface area contributed by atoms with E-state index in [-0.39, 0.29) is 6.54 Å². The SMILES string of the molecule is CN(CCc1nc2ccc(N)cc2[nH]1)CC(F)(F)F. The van der Waals surface area contributed by atoms with Gasteiger partial charge in [-0.2, -0.15) is 13.2 Å². The maximum absolute atomic E-state index is 12.2. The summed E-state index contributed by atoms with van der Waals surface area (Å²) in [6, 6.07) is 5.28. The predicted molar refractivity (Wildman–Crippen MR) is 67.8 cm³/mol. The molecular formula is C12H15F3N4. The second-order valence-electron chi connectivity index (χ2n) is 4.56. The fourth-order valence-electron chi connectivity index (χ4n) is 1.88. The molecule has 1 heterocycles. The average molecular weight is 272 g/mol. The lowest BCUT2D eigenvalue weighted by Gasteiger charge is -2.17. The minimum absolute atomic E-state index is 0.287. The number of hydrogen-bond acceptors (Lipinski definition) is 3. The topological polar surface area (TPSA) is 57.9 Å². The Morgan fingerprint density at radius 1 is 1.37 bits per heavy atom. The number of H-pyrrole nitrogens is 1. The van der Waals surface area contributed by atoms with Crippen LogP contribution in [-0.4, -0.2) is 41.2 Å². The van der Waals surface area contributed by atoms with Gasteiger partial charge in [-0.1, -0.05) is 0 Å². The number of anilines is 1. The van der Waals surface area contributed by atoms with Gasteiger partial charge in [-0.3, -0.25) is 4.90 Å². The Bertz CT molecular complexity index is 562. The van der Waals surface area contributed by atoms with Gasteiger partial charge in [-0.25, -0.2) is 4.98 Å². The molecule has 0 atom stereocenters. The van der Waals surface area contributed by atoms with Crippen LogP contribution in [0.4, 0.5) is 18.9 Å². The predicted octanol–water partition coefficient (Wildman–Crippen LogP) is 2.18.